The van der Waals surface area contributed by atoms with Gasteiger partial charge in [-0.05, 0) is 19.3 Å². The lowest BCUT2D eigenvalue weighted by Gasteiger charge is -2.05. The molecule has 0 amide bonds. The van der Waals surface area contributed by atoms with Gasteiger partial charge in [-0.25, -0.2) is 8.78 Å². The van der Waals surface area contributed by atoms with Crippen LogP contribution in [0.15, 0.2) is 18.2 Å². The Labute approximate surface area is 93.5 Å². The van der Waals surface area contributed by atoms with Gasteiger partial charge in [-0.3, -0.25) is 0 Å². The fourth-order valence-corrected chi connectivity index (χ4v) is 1.28. The Hall–Kier alpha value is -1.63. The van der Waals surface area contributed by atoms with E-state index in [1.165, 1.54) is 0 Å². The first-order valence-electron chi connectivity index (χ1n) is 5.18. The molecular formula is C12H13F2NO. The van der Waals surface area contributed by atoms with Crippen LogP contribution >= 0.6 is 0 Å². The highest BCUT2D eigenvalue weighted by Gasteiger charge is 2.00. The van der Waals surface area contributed by atoms with Crippen LogP contribution in [0, 0.1) is 23.0 Å². The lowest BCUT2D eigenvalue weighted by molar-refractivity contribution is 0.302. The fourth-order valence-electron chi connectivity index (χ4n) is 1.28. The van der Waals surface area contributed by atoms with Crippen LogP contribution in [0.2, 0.25) is 0 Å². The molecule has 0 aliphatic rings. The number of hydrogen-bond donors (Lipinski definition) is 0. The van der Waals surface area contributed by atoms with E-state index >= 15 is 0 Å². The summed E-state index contributed by atoms with van der Waals surface area (Å²) in [5, 5.41) is 8.30. The number of nitrogens with zero attached hydrogens (tertiary/aromatic N) is 1. The number of benzene rings is 1. The molecule has 16 heavy (non-hydrogen) atoms. The minimum absolute atomic E-state index is 0.206. The first-order chi connectivity index (χ1) is 7.72. The van der Waals surface area contributed by atoms with Crippen molar-refractivity contribution in [3.63, 3.8) is 0 Å². The Morgan fingerprint density at radius 1 is 1.06 bits per heavy atom. The van der Waals surface area contributed by atoms with Crippen molar-refractivity contribution in [2.24, 2.45) is 0 Å². The van der Waals surface area contributed by atoms with E-state index in [0.717, 1.165) is 37.5 Å². The van der Waals surface area contributed by atoms with Crippen molar-refractivity contribution in [2.75, 3.05) is 6.61 Å². The third kappa shape index (κ3) is 4.74. The van der Waals surface area contributed by atoms with Crippen LogP contribution in [0.1, 0.15) is 25.7 Å². The highest BCUT2D eigenvalue weighted by atomic mass is 19.1. The molecule has 0 saturated carbocycles. The van der Waals surface area contributed by atoms with Crippen molar-refractivity contribution in [2.45, 2.75) is 25.7 Å². The van der Waals surface area contributed by atoms with Gasteiger partial charge in [-0.1, -0.05) is 0 Å². The van der Waals surface area contributed by atoms with E-state index < -0.39 is 11.6 Å². The summed E-state index contributed by atoms with van der Waals surface area (Å²) in [6.07, 6.45) is 3.02. The average molecular weight is 225 g/mol. The Morgan fingerprint density at radius 3 is 2.38 bits per heavy atom. The molecule has 0 saturated heterocycles. The molecule has 0 bridgehead atoms. The van der Waals surface area contributed by atoms with E-state index in [0.29, 0.717) is 13.0 Å². The molecule has 0 aromatic heterocycles. The molecule has 0 radical (unpaired) electrons. The number of hydrogen-bond acceptors (Lipinski definition) is 2. The van der Waals surface area contributed by atoms with Crippen molar-refractivity contribution in [1.29, 1.82) is 5.26 Å². The standard InChI is InChI=1S/C12H13F2NO/c13-10-7-11(14)9-12(8-10)16-6-4-2-1-3-5-15/h7-9H,1-4,6H2. The van der Waals surface area contributed by atoms with Crippen LogP contribution in [0.4, 0.5) is 8.78 Å². The Bertz CT molecular complexity index is 354. The molecule has 0 spiro atoms. The summed E-state index contributed by atoms with van der Waals surface area (Å²) < 4.78 is 30.7. The van der Waals surface area contributed by atoms with E-state index in [4.69, 9.17) is 10.00 Å². The van der Waals surface area contributed by atoms with Crippen molar-refractivity contribution < 1.29 is 13.5 Å². The number of rotatable bonds is 6. The maximum absolute atomic E-state index is 12.7. The molecule has 1 aromatic carbocycles. The van der Waals surface area contributed by atoms with Crippen molar-refractivity contribution in [1.82, 2.24) is 0 Å². The molecule has 0 heterocycles. The maximum atomic E-state index is 12.7. The molecule has 1 rings (SSSR count). The Balaban J connectivity index is 2.24. The van der Waals surface area contributed by atoms with Gasteiger partial charge in [-0.15, -0.1) is 0 Å². The minimum atomic E-state index is -0.639. The summed E-state index contributed by atoms with van der Waals surface area (Å²) >= 11 is 0. The van der Waals surface area contributed by atoms with Crippen molar-refractivity contribution >= 4 is 0 Å². The van der Waals surface area contributed by atoms with Gasteiger partial charge < -0.3 is 4.74 Å². The zero-order chi connectivity index (χ0) is 11.8. The van der Waals surface area contributed by atoms with Crippen molar-refractivity contribution in [3.8, 4) is 11.8 Å². The normalized spacial score (nSPS) is 9.81. The van der Waals surface area contributed by atoms with Gasteiger partial charge in [0.1, 0.15) is 17.4 Å². The highest BCUT2D eigenvalue weighted by molar-refractivity contribution is 5.23. The summed E-state index contributed by atoms with van der Waals surface area (Å²) in [6, 6.07) is 5.16. The molecule has 4 heteroatoms. The summed E-state index contributed by atoms with van der Waals surface area (Å²) in [4.78, 5) is 0. The molecule has 1 aromatic rings. The van der Waals surface area contributed by atoms with Crippen LogP contribution in [0.25, 0.3) is 0 Å². The molecule has 0 aliphatic carbocycles. The van der Waals surface area contributed by atoms with E-state index in [1.807, 2.05) is 0 Å². The molecule has 2 nitrogen and oxygen atoms in total. The van der Waals surface area contributed by atoms with E-state index in [9.17, 15) is 8.78 Å². The van der Waals surface area contributed by atoms with E-state index in [2.05, 4.69) is 6.07 Å². The third-order valence-electron chi connectivity index (χ3n) is 2.04. The average Bonchev–Trinajstić information content (AvgIpc) is 2.22. The monoisotopic (exact) mass is 225 g/mol. The molecular weight excluding hydrogens is 212 g/mol. The Morgan fingerprint density at radius 2 is 1.75 bits per heavy atom. The molecule has 0 aliphatic heterocycles. The molecule has 0 fully saturated rings. The van der Waals surface area contributed by atoms with Crippen molar-refractivity contribution in [3.05, 3.63) is 29.8 Å². The SMILES string of the molecule is N#CCCCCCOc1cc(F)cc(F)c1. The molecule has 0 atom stereocenters. The maximum Gasteiger partial charge on any atom is 0.129 e. The van der Waals surface area contributed by atoms with Crippen LogP contribution in [-0.2, 0) is 0 Å². The number of ether oxygens (including phenoxy) is 1. The predicted octanol–water partition coefficient (Wildman–Crippen LogP) is 3.43. The fraction of sp³-hybridized carbons (Fsp3) is 0.417. The van der Waals surface area contributed by atoms with Gasteiger partial charge >= 0.3 is 0 Å². The predicted molar refractivity (Wildman–Crippen MR) is 55.9 cm³/mol. The van der Waals surface area contributed by atoms with Crippen LogP contribution < -0.4 is 4.74 Å². The zero-order valence-corrected chi connectivity index (χ0v) is 8.88. The van der Waals surface area contributed by atoms with Gasteiger partial charge in [-0.2, -0.15) is 5.26 Å². The van der Waals surface area contributed by atoms with Gasteiger partial charge in [0, 0.05) is 24.6 Å². The number of nitriles is 1. The van der Waals surface area contributed by atoms with E-state index in [-0.39, 0.29) is 5.75 Å². The van der Waals surface area contributed by atoms with Crippen LogP contribution in [0.5, 0.6) is 5.75 Å². The lowest BCUT2D eigenvalue weighted by atomic mass is 10.2. The van der Waals surface area contributed by atoms with Gasteiger partial charge in [0.05, 0.1) is 12.7 Å². The number of halogens is 2. The smallest absolute Gasteiger partial charge is 0.129 e. The largest absolute Gasteiger partial charge is 0.493 e. The quantitative estimate of drug-likeness (QED) is 0.695. The second-order valence-electron chi connectivity index (χ2n) is 3.42. The van der Waals surface area contributed by atoms with Gasteiger partial charge in [0.2, 0.25) is 0 Å². The second kappa shape index (κ2) is 6.78. The molecule has 0 N–H and O–H groups in total. The van der Waals surface area contributed by atoms with Crippen LogP contribution in [-0.4, -0.2) is 6.61 Å². The minimum Gasteiger partial charge on any atom is -0.493 e. The zero-order valence-electron chi connectivity index (χ0n) is 8.88. The summed E-state index contributed by atoms with van der Waals surface area (Å²) in [7, 11) is 0. The first-order valence-corrected chi connectivity index (χ1v) is 5.18. The highest BCUT2D eigenvalue weighted by Crippen LogP contribution is 2.15. The molecule has 0 unspecified atom stereocenters. The van der Waals surface area contributed by atoms with Crippen LogP contribution in [0.3, 0.4) is 0 Å². The van der Waals surface area contributed by atoms with Gasteiger partial charge in [0.25, 0.3) is 0 Å². The summed E-state index contributed by atoms with van der Waals surface area (Å²) in [5.41, 5.74) is 0. The topological polar surface area (TPSA) is 33.0 Å². The second-order valence-corrected chi connectivity index (χ2v) is 3.42. The van der Waals surface area contributed by atoms with E-state index in [1.54, 1.807) is 0 Å². The summed E-state index contributed by atoms with van der Waals surface area (Å²) in [6.45, 7) is 0.411. The first kappa shape index (κ1) is 12.4. The molecule has 86 valence electrons. The Kier molecular flexibility index (Phi) is 5.27. The third-order valence-corrected chi connectivity index (χ3v) is 2.04. The number of unbranched alkanes of at least 4 members (excludes halogenated alkanes) is 3. The lowest BCUT2D eigenvalue weighted by Crippen LogP contribution is -1.98. The summed E-state index contributed by atoms with van der Waals surface area (Å²) in [5.74, 6) is -1.07. The van der Waals surface area contributed by atoms with Gasteiger partial charge in [0.15, 0.2) is 0 Å².